The molecule has 2 aromatic rings. The van der Waals surface area contributed by atoms with Gasteiger partial charge < -0.3 is 4.55 Å². The van der Waals surface area contributed by atoms with E-state index in [4.69, 9.17) is 4.55 Å². The number of fused-ring (bicyclic) bond motifs is 1. The topological polar surface area (TPSA) is 33.1 Å². The molecule has 0 radical (unpaired) electrons. The van der Waals surface area contributed by atoms with Crippen LogP contribution in [0.15, 0.2) is 23.1 Å². The smallest absolute Gasteiger partial charge is 0.0907 e. The normalized spacial score (nSPS) is 10.8. The van der Waals surface area contributed by atoms with E-state index in [9.17, 15) is 0 Å². The highest BCUT2D eigenvalue weighted by Gasteiger charge is 2.00. The van der Waals surface area contributed by atoms with Gasteiger partial charge in [-0.05, 0) is 25.1 Å². The van der Waals surface area contributed by atoms with Crippen LogP contribution < -0.4 is 0 Å². The first kappa shape index (κ1) is 8.04. The third-order valence-electron chi connectivity index (χ3n) is 1.57. The molecule has 0 amide bonds. The summed E-state index contributed by atoms with van der Waals surface area (Å²) in [4.78, 5) is 5.16. The fraction of sp³-hybridized carbons (Fsp3) is 0.125. The lowest BCUT2D eigenvalue weighted by atomic mass is 10.3. The van der Waals surface area contributed by atoms with Crippen LogP contribution in [0.4, 0.5) is 0 Å². The van der Waals surface area contributed by atoms with Gasteiger partial charge in [0, 0.05) is 16.9 Å². The first-order valence-electron chi connectivity index (χ1n) is 3.48. The Bertz CT molecular complexity index is 410. The van der Waals surface area contributed by atoms with E-state index >= 15 is 0 Å². The molecule has 2 nitrogen and oxygen atoms in total. The summed E-state index contributed by atoms with van der Waals surface area (Å²) in [5, 5.41) is 1.06. The summed E-state index contributed by atoms with van der Waals surface area (Å²) >= 11 is 2.43. The van der Waals surface area contributed by atoms with Crippen molar-refractivity contribution in [2.75, 3.05) is 0 Å². The summed E-state index contributed by atoms with van der Waals surface area (Å²) in [6.07, 6.45) is 0. The van der Waals surface area contributed by atoms with E-state index in [1.807, 2.05) is 25.1 Å². The highest BCUT2D eigenvalue weighted by molar-refractivity contribution is 7.93. The summed E-state index contributed by atoms with van der Waals surface area (Å²) in [7, 11) is 0. The molecule has 0 aliphatic carbocycles. The van der Waals surface area contributed by atoms with Crippen molar-refractivity contribution < 1.29 is 4.55 Å². The van der Waals surface area contributed by atoms with E-state index in [0.717, 1.165) is 27.5 Å². The molecule has 0 spiro atoms. The molecule has 1 aromatic heterocycles. The number of hydrogen-bond acceptors (Lipinski definition) is 4. The van der Waals surface area contributed by atoms with Crippen molar-refractivity contribution >= 4 is 33.6 Å². The van der Waals surface area contributed by atoms with E-state index in [0.29, 0.717) is 0 Å². The van der Waals surface area contributed by atoms with Gasteiger partial charge in [0.15, 0.2) is 0 Å². The largest absolute Gasteiger partial charge is 0.325 e. The lowest BCUT2D eigenvalue weighted by molar-refractivity contribution is 0.664. The second kappa shape index (κ2) is 3.05. The third kappa shape index (κ3) is 1.33. The average molecular weight is 197 g/mol. The molecule has 0 saturated carbocycles. The Morgan fingerprint density at radius 3 is 3.08 bits per heavy atom. The number of benzene rings is 1. The van der Waals surface area contributed by atoms with Crippen LogP contribution >= 0.6 is 23.4 Å². The van der Waals surface area contributed by atoms with Crippen molar-refractivity contribution in [3.05, 3.63) is 23.2 Å². The second-order valence-corrected chi connectivity index (χ2v) is 4.34. The number of thiazole rings is 1. The van der Waals surface area contributed by atoms with E-state index in [1.54, 1.807) is 11.3 Å². The summed E-state index contributed by atoms with van der Waals surface area (Å²) < 4.78 is 9.97. The summed E-state index contributed by atoms with van der Waals surface area (Å²) in [5.74, 6) is 0. The third-order valence-corrected chi connectivity index (χ3v) is 2.99. The second-order valence-electron chi connectivity index (χ2n) is 2.45. The van der Waals surface area contributed by atoms with Crippen LogP contribution in [0.2, 0.25) is 0 Å². The Hall–Kier alpha value is -0.580. The van der Waals surface area contributed by atoms with Gasteiger partial charge in [0.2, 0.25) is 0 Å². The van der Waals surface area contributed by atoms with Crippen LogP contribution in [0.25, 0.3) is 10.2 Å². The molecule has 62 valence electrons. The summed E-state index contributed by atoms with van der Waals surface area (Å²) in [6.45, 7) is 1.98. The zero-order valence-corrected chi connectivity index (χ0v) is 8.08. The van der Waals surface area contributed by atoms with Gasteiger partial charge in [-0.15, -0.1) is 11.3 Å². The molecule has 0 saturated heterocycles. The molecule has 0 bridgehead atoms. The van der Waals surface area contributed by atoms with E-state index in [1.165, 1.54) is 4.70 Å². The zero-order chi connectivity index (χ0) is 8.55. The predicted molar refractivity (Wildman–Crippen MR) is 52.8 cm³/mol. The van der Waals surface area contributed by atoms with Gasteiger partial charge >= 0.3 is 0 Å². The Morgan fingerprint density at radius 2 is 2.33 bits per heavy atom. The predicted octanol–water partition coefficient (Wildman–Crippen LogP) is 3.17. The van der Waals surface area contributed by atoms with Gasteiger partial charge in [0.25, 0.3) is 0 Å². The Labute approximate surface area is 78.5 Å². The molecule has 0 fully saturated rings. The van der Waals surface area contributed by atoms with Gasteiger partial charge in [-0.3, -0.25) is 0 Å². The molecular weight excluding hydrogens is 190 g/mol. The Morgan fingerprint density at radius 1 is 1.50 bits per heavy atom. The molecular formula is C8H7NOS2. The maximum absolute atomic E-state index is 8.80. The average Bonchev–Trinajstić information content (AvgIpc) is 2.43. The van der Waals surface area contributed by atoms with Gasteiger partial charge in [-0.1, -0.05) is 0 Å². The van der Waals surface area contributed by atoms with Gasteiger partial charge in [-0.25, -0.2) is 4.98 Å². The van der Waals surface area contributed by atoms with Crippen LogP contribution in [-0.2, 0) is 0 Å². The SMILES string of the molecule is Cc1nc2cc(SO)ccc2s1. The minimum absolute atomic E-state index is 0.758. The van der Waals surface area contributed by atoms with E-state index in [2.05, 4.69) is 4.98 Å². The van der Waals surface area contributed by atoms with Crippen LogP contribution in [0.5, 0.6) is 0 Å². The molecule has 0 aliphatic heterocycles. The zero-order valence-electron chi connectivity index (χ0n) is 6.44. The maximum Gasteiger partial charge on any atom is 0.0907 e. The fourth-order valence-electron chi connectivity index (χ4n) is 1.08. The van der Waals surface area contributed by atoms with Crippen LogP contribution in [0.3, 0.4) is 0 Å². The number of nitrogens with zero attached hydrogens (tertiary/aromatic N) is 1. The van der Waals surface area contributed by atoms with Crippen molar-refractivity contribution in [1.82, 2.24) is 4.98 Å². The molecule has 12 heavy (non-hydrogen) atoms. The number of rotatable bonds is 1. The highest BCUT2D eigenvalue weighted by atomic mass is 32.2. The Balaban J connectivity index is 2.66. The minimum Gasteiger partial charge on any atom is -0.325 e. The van der Waals surface area contributed by atoms with Crippen LogP contribution in [0, 0.1) is 6.92 Å². The first-order valence-corrected chi connectivity index (χ1v) is 5.07. The molecule has 2 rings (SSSR count). The minimum atomic E-state index is 0.758. The number of aromatic nitrogens is 1. The standard InChI is InChI=1S/C8H7NOS2/c1-5-9-7-4-6(12-10)2-3-8(7)11-5/h2-4,10H,1H3. The van der Waals surface area contributed by atoms with Gasteiger partial charge in [0.05, 0.1) is 15.2 Å². The van der Waals surface area contributed by atoms with E-state index < -0.39 is 0 Å². The van der Waals surface area contributed by atoms with Crippen molar-refractivity contribution in [2.24, 2.45) is 0 Å². The Kier molecular flexibility index (Phi) is 2.04. The van der Waals surface area contributed by atoms with E-state index in [-0.39, 0.29) is 0 Å². The molecule has 0 aliphatic rings. The van der Waals surface area contributed by atoms with Gasteiger partial charge in [0.1, 0.15) is 0 Å². The first-order chi connectivity index (χ1) is 5.79. The molecule has 0 atom stereocenters. The molecule has 4 heteroatoms. The number of hydrogen-bond donors (Lipinski definition) is 1. The molecule has 1 heterocycles. The highest BCUT2D eigenvalue weighted by Crippen LogP contribution is 2.25. The number of aryl methyl sites for hydroxylation is 1. The lowest BCUT2D eigenvalue weighted by Gasteiger charge is -1.91. The molecule has 1 aromatic carbocycles. The lowest BCUT2D eigenvalue weighted by Crippen LogP contribution is -1.71. The summed E-state index contributed by atoms with van der Waals surface area (Å²) in [6, 6.07) is 5.77. The van der Waals surface area contributed by atoms with Crippen molar-refractivity contribution in [1.29, 1.82) is 0 Å². The van der Waals surface area contributed by atoms with Crippen molar-refractivity contribution in [2.45, 2.75) is 11.8 Å². The maximum atomic E-state index is 8.80. The summed E-state index contributed by atoms with van der Waals surface area (Å²) in [5.41, 5.74) is 0.969. The quantitative estimate of drug-likeness (QED) is 0.713. The van der Waals surface area contributed by atoms with Crippen LogP contribution in [-0.4, -0.2) is 9.54 Å². The van der Waals surface area contributed by atoms with Crippen LogP contribution in [0.1, 0.15) is 5.01 Å². The molecule has 1 N–H and O–H groups in total. The molecule has 0 unspecified atom stereocenters. The van der Waals surface area contributed by atoms with Crippen molar-refractivity contribution in [3.63, 3.8) is 0 Å². The van der Waals surface area contributed by atoms with Crippen molar-refractivity contribution in [3.8, 4) is 0 Å². The fourth-order valence-corrected chi connectivity index (χ4v) is 2.18. The van der Waals surface area contributed by atoms with Gasteiger partial charge in [-0.2, -0.15) is 0 Å². The monoisotopic (exact) mass is 197 g/mol.